The third-order valence-corrected chi connectivity index (χ3v) is 4.77. The molecule has 2 aliphatic rings. The van der Waals surface area contributed by atoms with Crippen LogP contribution in [0.3, 0.4) is 0 Å². The highest BCUT2D eigenvalue weighted by Crippen LogP contribution is 2.30. The molecule has 1 fully saturated rings. The number of benzene rings is 1. The fraction of sp³-hybridized carbons (Fsp3) is 0.647. The average Bonchev–Trinajstić information content (AvgIpc) is 2.72. The summed E-state index contributed by atoms with van der Waals surface area (Å²) in [5.41, 5.74) is 4.77. The van der Waals surface area contributed by atoms with Gasteiger partial charge in [-0.1, -0.05) is 19.1 Å². The van der Waals surface area contributed by atoms with E-state index < -0.39 is 0 Å². The maximum absolute atomic E-state index is 3.67. The van der Waals surface area contributed by atoms with Gasteiger partial charge in [0.1, 0.15) is 0 Å². The number of hydrogen-bond acceptors (Lipinski definition) is 2. The molecule has 2 heteroatoms. The molecule has 0 bridgehead atoms. The van der Waals surface area contributed by atoms with Crippen LogP contribution in [0.25, 0.3) is 0 Å². The van der Waals surface area contributed by atoms with Crippen molar-refractivity contribution in [3.05, 3.63) is 29.3 Å². The van der Waals surface area contributed by atoms with Crippen LogP contribution in [-0.2, 0) is 12.8 Å². The van der Waals surface area contributed by atoms with Crippen molar-refractivity contribution >= 4 is 5.69 Å². The maximum atomic E-state index is 3.67. The SMILES string of the molecule is CCC1CCN(c2cccc3c2CCCC3)CCN1. The van der Waals surface area contributed by atoms with E-state index in [4.69, 9.17) is 0 Å². The number of nitrogens with zero attached hydrogens (tertiary/aromatic N) is 1. The minimum absolute atomic E-state index is 0.713. The van der Waals surface area contributed by atoms with Crippen LogP contribution in [0.2, 0.25) is 0 Å². The lowest BCUT2D eigenvalue weighted by atomic mass is 9.90. The first-order chi connectivity index (χ1) is 9.38. The van der Waals surface area contributed by atoms with Gasteiger partial charge >= 0.3 is 0 Å². The Kier molecular flexibility index (Phi) is 4.07. The average molecular weight is 258 g/mol. The van der Waals surface area contributed by atoms with Crippen molar-refractivity contribution in [2.24, 2.45) is 0 Å². The van der Waals surface area contributed by atoms with Gasteiger partial charge in [-0.25, -0.2) is 0 Å². The Balaban J connectivity index is 1.81. The number of fused-ring (bicyclic) bond motifs is 1. The third-order valence-electron chi connectivity index (χ3n) is 4.77. The summed E-state index contributed by atoms with van der Waals surface area (Å²) >= 11 is 0. The van der Waals surface area contributed by atoms with Crippen molar-refractivity contribution in [3.63, 3.8) is 0 Å². The summed E-state index contributed by atoms with van der Waals surface area (Å²) in [6, 6.07) is 7.65. The van der Waals surface area contributed by atoms with Crippen LogP contribution in [0.4, 0.5) is 5.69 Å². The normalized spacial score (nSPS) is 23.8. The molecule has 19 heavy (non-hydrogen) atoms. The Labute approximate surface area is 117 Å². The quantitative estimate of drug-likeness (QED) is 0.876. The van der Waals surface area contributed by atoms with Crippen molar-refractivity contribution in [2.45, 2.75) is 51.5 Å². The molecular weight excluding hydrogens is 232 g/mol. The van der Waals surface area contributed by atoms with E-state index in [9.17, 15) is 0 Å². The van der Waals surface area contributed by atoms with E-state index in [1.54, 1.807) is 11.1 Å². The second-order valence-electron chi connectivity index (χ2n) is 5.96. The highest BCUT2D eigenvalue weighted by atomic mass is 15.2. The Bertz CT molecular complexity index is 427. The first kappa shape index (κ1) is 13.0. The number of anilines is 1. The van der Waals surface area contributed by atoms with Crippen molar-refractivity contribution in [1.82, 2.24) is 5.32 Å². The van der Waals surface area contributed by atoms with Gasteiger partial charge in [-0.15, -0.1) is 0 Å². The van der Waals surface area contributed by atoms with E-state index in [2.05, 4.69) is 35.3 Å². The lowest BCUT2D eigenvalue weighted by Crippen LogP contribution is -2.30. The van der Waals surface area contributed by atoms with Crippen molar-refractivity contribution in [1.29, 1.82) is 0 Å². The van der Waals surface area contributed by atoms with E-state index >= 15 is 0 Å². The van der Waals surface area contributed by atoms with Gasteiger partial charge in [0, 0.05) is 31.4 Å². The zero-order valence-electron chi connectivity index (χ0n) is 12.1. The largest absolute Gasteiger partial charge is 0.370 e. The molecule has 1 heterocycles. The van der Waals surface area contributed by atoms with Gasteiger partial charge in [0.25, 0.3) is 0 Å². The second-order valence-corrected chi connectivity index (χ2v) is 5.96. The number of aryl methyl sites for hydroxylation is 1. The van der Waals surface area contributed by atoms with Crippen LogP contribution < -0.4 is 10.2 Å². The van der Waals surface area contributed by atoms with Crippen LogP contribution in [0.1, 0.15) is 43.7 Å². The molecule has 0 aromatic heterocycles. The highest BCUT2D eigenvalue weighted by Gasteiger charge is 2.20. The van der Waals surface area contributed by atoms with Gasteiger partial charge in [-0.2, -0.15) is 0 Å². The fourth-order valence-electron chi connectivity index (χ4n) is 3.58. The summed E-state index contributed by atoms with van der Waals surface area (Å²) in [7, 11) is 0. The molecule has 0 saturated carbocycles. The van der Waals surface area contributed by atoms with Crippen molar-refractivity contribution in [3.8, 4) is 0 Å². The van der Waals surface area contributed by atoms with Crippen LogP contribution in [0.5, 0.6) is 0 Å². The number of nitrogens with one attached hydrogen (secondary N) is 1. The minimum atomic E-state index is 0.713. The molecule has 0 spiro atoms. The standard InChI is InChI=1S/C17H26N2/c1-2-15-10-12-19(13-11-18-15)17-9-5-7-14-6-3-4-8-16(14)17/h5,7,9,15,18H,2-4,6,8,10-13H2,1H3. The molecular formula is C17H26N2. The molecule has 1 unspecified atom stereocenters. The number of rotatable bonds is 2. The number of hydrogen-bond donors (Lipinski definition) is 1. The monoisotopic (exact) mass is 258 g/mol. The molecule has 1 aromatic carbocycles. The summed E-state index contributed by atoms with van der Waals surface area (Å²) in [6.07, 6.45) is 7.84. The highest BCUT2D eigenvalue weighted by molar-refractivity contribution is 5.57. The molecule has 1 N–H and O–H groups in total. The maximum Gasteiger partial charge on any atom is 0.0401 e. The van der Waals surface area contributed by atoms with E-state index in [1.807, 2.05) is 0 Å². The predicted molar refractivity (Wildman–Crippen MR) is 82.0 cm³/mol. The summed E-state index contributed by atoms with van der Waals surface area (Å²) in [6.45, 7) is 5.79. The summed E-state index contributed by atoms with van der Waals surface area (Å²) in [5, 5.41) is 3.67. The Morgan fingerprint density at radius 1 is 1.21 bits per heavy atom. The van der Waals surface area contributed by atoms with Gasteiger partial charge < -0.3 is 10.2 Å². The van der Waals surface area contributed by atoms with Crippen molar-refractivity contribution in [2.75, 3.05) is 24.5 Å². The molecule has 1 aromatic rings. The Hall–Kier alpha value is -1.02. The predicted octanol–water partition coefficient (Wildman–Crippen LogP) is 3.14. The topological polar surface area (TPSA) is 15.3 Å². The first-order valence-corrected chi connectivity index (χ1v) is 7.97. The molecule has 1 aliphatic heterocycles. The Morgan fingerprint density at radius 2 is 2.11 bits per heavy atom. The smallest absolute Gasteiger partial charge is 0.0401 e. The van der Waals surface area contributed by atoms with E-state index in [-0.39, 0.29) is 0 Å². The minimum Gasteiger partial charge on any atom is -0.370 e. The molecule has 0 amide bonds. The van der Waals surface area contributed by atoms with Crippen LogP contribution in [-0.4, -0.2) is 25.7 Å². The van der Waals surface area contributed by atoms with E-state index in [0.29, 0.717) is 6.04 Å². The molecule has 1 aliphatic carbocycles. The summed E-state index contributed by atoms with van der Waals surface area (Å²) in [4.78, 5) is 2.62. The second kappa shape index (κ2) is 5.96. The molecule has 2 nitrogen and oxygen atoms in total. The van der Waals surface area contributed by atoms with Gasteiger partial charge in [-0.05, 0) is 55.7 Å². The third kappa shape index (κ3) is 2.79. The van der Waals surface area contributed by atoms with Crippen LogP contribution in [0, 0.1) is 0 Å². The van der Waals surface area contributed by atoms with Crippen LogP contribution >= 0.6 is 0 Å². The molecule has 1 saturated heterocycles. The molecule has 3 rings (SSSR count). The summed E-state index contributed by atoms with van der Waals surface area (Å²) in [5.74, 6) is 0. The zero-order chi connectivity index (χ0) is 13.1. The van der Waals surface area contributed by atoms with Crippen LogP contribution in [0.15, 0.2) is 18.2 Å². The van der Waals surface area contributed by atoms with Gasteiger partial charge in [0.2, 0.25) is 0 Å². The Morgan fingerprint density at radius 3 is 3.00 bits per heavy atom. The first-order valence-electron chi connectivity index (χ1n) is 7.97. The lowest BCUT2D eigenvalue weighted by Gasteiger charge is -2.28. The molecule has 0 radical (unpaired) electrons. The van der Waals surface area contributed by atoms with Crippen molar-refractivity contribution < 1.29 is 0 Å². The van der Waals surface area contributed by atoms with E-state index in [1.165, 1.54) is 50.8 Å². The van der Waals surface area contributed by atoms with Gasteiger partial charge in [0.05, 0.1) is 0 Å². The zero-order valence-corrected chi connectivity index (χ0v) is 12.1. The fourth-order valence-corrected chi connectivity index (χ4v) is 3.58. The summed E-state index contributed by atoms with van der Waals surface area (Å²) < 4.78 is 0. The van der Waals surface area contributed by atoms with Gasteiger partial charge in [-0.3, -0.25) is 0 Å². The molecule has 1 atom stereocenters. The molecule has 104 valence electrons. The van der Waals surface area contributed by atoms with E-state index in [0.717, 1.165) is 13.1 Å². The lowest BCUT2D eigenvalue weighted by molar-refractivity contribution is 0.510. The van der Waals surface area contributed by atoms with Gasteiger partial charge in [0.15, 0.2) is 0 Å².